The molecular weight excluding hydrogens is 168 g/mol. The molecule has 68 valence electrons. The number of anilines is 1. The minimum absolute atomic E-state index is 0.185. The summed E-state index contributed by atoms with van der Waals surface area (Å²) >= 11 is 0. The first-order valence-corrected chi connectivity index (χ1v) is 3.80. The van der Waals surface area contributed by atoms with Gasteiger partial charge in [-0.15, -0.1) is 5.10 Å². The first-order chi connectivity index (χ1) is 6.21. The number of rotatable bonds is 1. The van der Waals surface area contributed by atoms with Crippen molar-refractivity contribution in [3.8, 4) is 0 Å². The highest BCUT2D eigenvalue weighted by Gasteiger charge is 2.27. The molecule has 1 aliphatic rings. The highest BCUT2D eigenvalue weighted by Crippen LogP contribution is 2.15. The van der Waals surface area contributed by atoms with Crippen molar-refractivity contribution in [2.24, 2.45) is 5.73 Å². The van der Waals surface area contributed by atoms with Crippen LogP contribution in [0, 0.1) is 0 Å². The first kappa shape index (κ1) is 7.81. The van der Waals surface area contributed by atoms with Crippen molar-refractivity contribution in [1.82, 2.24) is 20.5 Å². The standard InChI is InChI=1S/C7H10N6/c8-6-11-5(12-13-6)7(9)3-1-2-4-10-7/h1-4,10H,9H2,(H3,8,11,12,13). The zero-order chi connectivity index (χ0) is 9.31. The molecule has 6 N–H and O–H groups in total. The molecule has 0 amide bonds. The van der Waals surface area contributed by atoms with Crippen molar-refractivity contribution in [3.05, 3.63) is 30.3 Å². The third-order valence-corrected chi connectivity index (χ3v) is 1.78. The molecule has 0 aromatic carbocycles. The van der Waals surface area contributed by atoms with E-state index in [2.05, 4.69) is 20.5 Å². The van der Waals surface area contributed by atoms with E-state index in [0.29, 0.717) is 5.82 Å². The molecule has 6 nitrogen and oxygen atoms in total. The number of hydrogen-bond acceptors (Lipinski definition) is 5. The summed E-state index contributed by atoms with van der Waals surface area (Å²) in [6.07, 6.45) is 7.17. The number of hydrogen-bond donors (Lipinski definition) is 4. The second kappa shape index (κ2) is 2.60. The second-order valence-electron chi connectivity index (χ2n) is 2.77. The number of nitrogens with one attached hydrogen (secondary N) is 2. The molecule has 13 heavy (non-hydrogen) atoms. The van der Waals surface area contributed by atoms with Crippen LogP contribution < -0.4 is 16.8 Å². The lowest BCUT2D eigenvalue weighted by Crippen LogP contribution is -2.48. The Kier molecular flexibility index (Phi) is 1.56. The second-order valence-corrected chi connectivity index (χ2v) is 2.77. The van der Waals surface area contributed by atoms with Gasteiger partial charge in [0.2, 0.25) is 5.95 Å². The Morgan fingerprint density at radius 1 is 1.38 bits per heavy atom. The molecule has 6 heteroatoms. The molecule has 0 radical (unpaired) electrons. The average molecular weight is 178 g/mol. The van der Waals surface area contributed by atoms with Crippen LogP contribution in [0.3, 0.4) is 0 Å². The van der Waals surface area contributed by atoms with E-state index in [4.69, 9.17) is 11.5 Å². The number of allylic oxidation sites excluding steroid dienone is 2. The van der Waals surface area contributed by atoms with Gasteiger partial charge < -0.3 is 11.1 Å². The van der Waals surface area contributed by atoms with Crippen LogP contribution >= 0.6 is 0 Å². The van der Waals surface area contributed by atoms with Crippen LogP contribution in [0.5, 0.6) is 0 Å². The monoisotopic (exact) mass is 178 g/mol. The Labute approximate surface area is 74.7 Å². The SMILES string of the molecule is Nc1n[nH]c(C2(N)C=CC=CN2)n1. The Bertz CT molecular complexity index is 365. The van der Waals surface area contributed by atoms with E-state index in [9.17, 15) is 0 Å². The first-order valence-electron chi connectivity index (χ1n) is 3.80. The Hall–Kier alpha value is -1.82. The summed E-state index contributed by atoms with van der Waals surface area (Å²) in [7, 11) is 0. The number of dihydropyridines is 1. The molecule has 0 bridgehead atoms. The number of nitrogen functional groups attached to an aromatic ring is 1. The molecular formula is C7H10N6. The third-order valence-electron chi connectivity index (χ3n) is 1.78. The Morgan fingerprint density at radius 3 is 2.77 bits per heavy atom. The molecule has 1 aromatic rings. The zero-order valence-corrected chi connectivity index (χ0v) is 6.86. The maximum atomic E-state index is 5.96. The number of H-pyrrole nitrogens is 1. The molecule has 0 saturated carbocycles. The quantitative estimate of drug-likeness (QED) is 0.449. The van der Waals surface area contributed by atoms with Crippen LogP contribution in [0.1, 0.15) is 5.82 Å². The van der Waals surface area contributed by atoms with E-state index < -0.39 is 5.66 Å². The van der Waals surface area contributed by atoms with Crippen molar-refractivity contribution in [1.29, 1.82) is 0 Å². The lowest BCUT2D eigenvalue weighted by atomic mass is 10.1. The highest BCUT2D eigenvalue weighted by molar-refractivity contribution is 5.26. The number of aromatic amines is 1. The summed E-state index contributed by atoms with van der Waals surface area (Å²) < 4.78 is 0. The zero-order valence-electron chi connectivity index (χ0n) is 6.86. The molecule has 0 saturated heterocycles. The van der Waals surface area contributed by atoms with E-state index in [1.54, 1.807) is 12.3 Å². The fraction of sp³-hybridized carbons (Fsp3) is 0.143. The van der Waals surface area contributed by atoms with Gasteiger partial charge in [0.1, 0.15) is 0 Å². The molecule has 2 heterocycles. The van der Waals surface area contributed by atoms with Crippen LogP contribution in [-0.2, 0) is 5.66 Å². The van der Waals surface area contributed by atoms with Gasteiger partial charge in [0.25, 0.3) is 0 Å². The summed E-state index contributed by atoms with van der Waals surface area (Å²) in [5, 5.41) is 9.30. The van der Waals surface area contributed by atoms with Gasteiger partial charge in [-0.2, -0.15) is 4.98 Å². The smallest absolute Gasteiger partial charge is 0.239 e. The summed E-state index contributed by atoms with van der Waals surface area (Å²) in [6, 6.07) is 0. The van der Waals surface area contributed by atoms with Gasteiger partial charge in [0.15, 0.2) is 11.5 Å². The molecule has 1 aromatic heterocycles. The molecule has 2 rings (SSSR count). The van der Waals surface area contributed by atoms with E-state index >= 15 is 0 Å². The molecule has 1 aliphatic heterocycles. The van der Waals surface area contributed by atoms with Crippen LogP contribution in [0.4, 0.5) is 5.95 Å². The van der Waals surface area contributed by atoms with Gasteiger partial charge >= 0.3 is 0 Å². The normalized spacial score (nSPS) is 25.9. The lowest BCUT2D eigenvalue weighted by molar-refractivity contribution is 0.464. The van der Waals surface area contributed by atoms with E-state index in [1.165, 1.54) is 0 Å². The maximum absolute atomic E-state index is 5.96. The Morgan fingerprint density at radius 2 is 2.23 bits per heavy atom. The number of nitrogens with two attached hydrogens (primary N) is 2. The van der Waals surface area contributed by atoms with Gasteiger partial charge in [-0.05, 0) is 18.4 Å². The summed E-state index contributed by atoms with van der Waals surface area (Å²) in [5.74, 6) is 0.676. The van der Waals surface area contributed by atoms with E-state index in [-0.39, 0.29) is 5.95 Å². The predicted molar refractivity (Wildman–Crippen MR) is 48.1 cm³/mol. The topological polar surface area (TPSA) is 106 Å². The van der Waals surface area contributed by atoms with Gasteiger partial charge in [-0.3, -0.25) is 10.8 Å². The minimum Gasteiger partial charge on any atom is -0.367 e. The van der Waals surface area contributed by atoms with Gasteiger partial charge in [0.05, 0.1) is 0 Å². The third kappa shape index (κ3) is 1.27. The van der Waals surface area contributed by atoms with Crippen molar-refractivity contribution in [2.75, 3.05) is 5.73 Å². The van der Waals surface area contributed by atoms with Crippen LogP contribution in [0.2, 0.25) is 0 Å². The minimum atomic E-state index is -0.834. The van der Waals surface area contributed by atoms with Crippen LogP contribution in [0.25, 0.3) is 0 Å². The molecule has 0 aliphatic carbocycles. The Balaban J connectivity index is 2.34. The maximum Gasteiger partial charge on any atom is 0.239 e. The van der Waals surface area contributed by atoms with Crippen molar-refractivity contribution in [3.63, 3.8) is 0 Å². The van der Waals surface area contributed by atoms with Gasteiger partial charge in [-0.1, -0.05) is 6.08 Å². The van der Waals surface area contributed by atoms with E-state index in [1.807, 2.05) is 12.2 Å². The molecule has 0 fully saturated rings. The van der Waals surface area contributed by atoms with Crippen molar-refractivity contribution < 1.29 is 0 Å². The van der Waals surface area contributed by atoms with Crippen LogP contribution in [-0.4, -0.2) is 15.2 Å². The largest absolute Gasteiger partial charge is 0.367 e. The fourth-order valence-electron chi connectivity index (χ4n) is 1.10. The average Bonchev–Trinajstić information content (AvgIpc) is 2.54. The molecule has 0 spiro atoms. The summed E-state index contributed by atoms with van der Waals surface area (Å²) in [5.41, 5.74) is 10.5. The highest BCUT2D eigenvalue weighted by atomic mass is 15.3. The lowest BCUT2D eigenvalue weighted by Gasteiger charge is -2.25. The van der Waals surface area contributed by atoms with Crippen molar-refractivity contribution in [2.45, 2.75) is 5.66 Å². The number of aromatic nitrogens is 3. The number of nitrogens with zero attached hydrogens (tertiary/aromatic N) is 2. The fourth-order valence-corrected chi connectivity index (χ4v) is 1.10. The molecule has 1 unspecified atom stereocenters. The van der Waals surface area contributed by atoms with E-state index in [0.717, 1.165) is 0 Å². The predicted octanol–water partition coefficient (Wildman–Crippen LogP) is -0.829. The van der Waals surface area contributed by atoms with Crippen molar-refractivity contribution >= 4 is 5.95 Å². The summed E-state index contributed by atoms with van der Waals surface area (Å²) in [6.45, 7) is 0. The van der Waals surface area contributed by atoms with Crippen LogP contribution in [0.15, 0.2) is 24.4 Å². The molecule has 1 atom stereocenters. The van der Waals surface area contributed by atoms with Gasteiger partial charge in [0, 0.05) is 0 Å². The summed E-state index contributed by atoms with van der Waals surface area (Å²) in [4.78, 5) is 3.94. The van der Waals surface area contributed by atoms with Gasteiger partial charge in [-0.25, -0.2) is 0 Å².